The number of nitrogens with one attached hydrogen (secondary N) is 1. The standard InChI is InChI=1S/C13H16N2O2/c1-16-12(17-2)9-15-11-7-3-5-10-6-4-8-14-13(10)11/h3-8,12,15H,9H2,1-2H3. The minimum absolute atomic E-state index is 0.256. The predicted molar refractivity (Wildman–Crippen MR) is 68.0 cm³/mol. The monoisotopic (exact) mass is 232 g/mol. The number of benzene rings is 1. The van der Waals surface area contributed by atoms with Crippen LogP contribution in [0, 0.1) is 0 Å². The molecule has 0 amide bonds. The molecule has 0 bridgehead atoms. The summed E-state index contributed by atoms with van der Waals surface area (Å²) in [6.45, 7) is 0.586. The number of hydrogen-bond donors (Lipinski definition) is 1. The Kier molecular flexibility index (Phi) is 3.90. The third-order valence-electron chi connectivity index (χ3n) is 2.62. The molecule has 0 spiro atoms. The van der Waals surface area contributed by atoms with Gasteiger partial charge in [-0.05, 0) is 12.1 Å². The Balaban J connectivity index is 2.18. The van der Waals surface area contributed by atoms with Crippen LogP contribution in [0.25, 0.3) is 10.9 Å². The number of pyridine rings is 1. The summed E-state index contributed by atoms with van der Waals surface area (Å²) >= 11 is 0. The molecule has 90 valence electrons. The SMILES string of the molecule is COC(CNc1cccc2cccnc12)OC. The van der Waals surface area contributed by atoms with Gasteiger partial charge in [0.15, 0.2) is 6.29 Å². The summed E-state index contributed by atoms with van der Waals surface area (Å²) in [5.41, 5.74) is 1.95. The van der Waals surface area contributed by atoms with Crippen LogP contribution in [0.5, 0.6) is 0 Å². The van der Waals surface area contributed by atoms with E-state index in [2.05, 4.69) is 10.3 Å². The van der Waals surface area contributed by atoms with Crippen molar-refractivity contribution in [1.29, 1.82) is 0 Å². The van der Waals surface area contributed by atoms with E-state index in [-0.39, 0.29) is 6.29 Å². The van der Waals surface area contributed by atoms with Gasteiger partial charge in [-0.15, -0.1) is 0 Å². The van der Waals surface area contributed by atoms with Crippen molar-refractivity contribution in [1.82, 2.24) is 4.98 Å². The van der Waals surface area contributed by atoms with Crippen molar-refractivity contribution in [3.63, 3.8) is 0 Å². The predicted octanol–water partition coefficient (Wildman–Crippen LogP) is 2.27. The third kappa shape index (κ3) is 2.72. The number of fused-ring (bicyclic) bond motifs is 1. The van der Waals surface area contributed by atoms with Crippen LogP contribution in [0.3, 0.4) is 0 Å². The van der Waals surface area contributed by atoms with Crippen LogP contribution in [0.2, 0.25) is 0 Å². The van der Waals surface area contributed by atoms with Crippen molar-refractivity contribution in [3.8, 4) is 0 Å². The highest BCUT2D eigenvalue weighted by molar-refractivity contribution is 5.90. The summed E-state index contributed by atoms with van der Waals surface area (Å²) in [4.78, 5) is 4.37. The van der Waals surface area contributed by atoms with Gasteiger partial charge in [-0.3, -0.25) is 4.98 Å². The molecule has 4 heteroatoms. The van der Waals surface area contributed by atoms with Crippen molar-refractivity contribution in [2.24, 2.45) is 0 Å². The Morgan fingerprint density at radius 1 is 1.18 bits per heavy atom. The van der Waals surface area contributed by atoms with E-state index in [1.54, 1.807) is 20.4 Å². The van der Waals surface area contributed by atoms with Gasteiger partial charge >= 0.3 is 0 Å². The summed E-state index contributed by atoms with van der Waals surface area (Å²) in [6, 6.07) is 10.0. The quantitative estimate of drug-likeness (QED) is 0.803. The van der Waals surface area contributed by atoms with E-state index >= 15 is 0 Å². The third-order valence-corrected chi connectivity index (χ3v) is 2.62. The van der Waals surface area contributed by atoms with Gasteiger partial charge < -0.3 is 14.8 Å². The minimum atomic E-state index is -0.256. The second-order valence-electron chi connectivity index (χ2n) is 3.66. The zero-order valence-corrected chi connectivity index (χ0v) is 10.0. The number of rotatable bonds is 5. The number of methoxy groups -OCH3 is 2. The maximum Gasteiger partial charge on any atom is 0.173 e. The Labute approximate surface area is 101 Å². The van der Waals surface area contributed by atoms with E-state index in [0.29, 0.717) is 6.54 Å². The topological polar surface area (TPSA) is 43.4 Å². The lowest BCUT2D eigenvalue weighted by molar-refractivity contribution is -0.0913. The second kappa shape index (κ2) is 5.61. The molecule has 1 N–H and O–H groups in total. The van der Waals surface area contributed by atoms with Gasteiger partial charge in [-0.1, -0.05) is 18.2 Å². The first-order valence-electron chi connectivity index (χ1n) is 5.48. The van der Waals surface area contributed by atoms with E-state index in [0.717, 1.165) is 16.6 Å². The lowest BCUT2D eigenvalue weighted by atomic mass is 10.2. The van der Waals surface area contributed by atoms with Crippen molar-refractivity contribution < 1.29 is 9.47 Å². The van der Waals surface area contributed by atoms with Crippen LogP contribution in [-0.2, 0) is 9.47 Å². The number of aromatic nitrogens is 1. The van der Waals surface area contributed by atoms with E-state index in [1.165, 1.54) is 0 Å². The van der Waals surface area contributed by atoms with Crippen LogP contribution >= 0.6 is 0 Å². The highest BCUT2D eigenvalue weighted by Crippen LogP contribution is 2.20. The lowest BCUT2D eigenvalue weighted by Crippen LogP contribution is -2.23. The van der Waals surface area contributed by atoms with Crippen molar-refractivity contribution in [3.05, 3.63) is 36.5 Å². The smallest absolute Gasteiger partial charge is 0.173 e. The highest BCUT2D eigenvalue weighted by atomic mass is 16.7. The first-order chi connectivity index (χ1) is 8.35. The van der Waals surface area contributed by atoms with Gasteiger partial charge in [0.05, 0.1) is 17.7 Å². The highest BCUT2D eigenvalue weighted by Gasteiger charge is 2.06. The average molecular weight is 232 g/mol. The summed E-state index contributed by atoms with van der Waals surface area (Å²) in [5.74, 6) is 0. The first-order valence-corrected chi connectivity index (χ1v) is 5.48. The molecule has 0 aliphatic rings. The Morgan fingerprint density at radius 3 is 2.71 bits per heavy atom. The Hall–Kier alpha value is -1.65. The molecule has 0 radical (unpaired) electrons. The summed E-state index contributed by atoms with van der Waals surface area (Å²) in [5, 5.41) is 4.39. The molecule has 1 aromatic heterocycles. The number of para-hydroxylation sites is 1. The molecule has 0 fully saturated rings. The molecular weight excluding hydrogens is 216 g/mol. The maximum atomic E-state index is 5.13. The van der Waals surface area contributed by atoms with Gasteiger partial charge in [0.25, 0.3) is 0 Å². The number of anilines is 1. The molecule has 2 rings (SSSR count). The minimum Gasteiger partial charge on any atom is -0.378 e. The number of ether oxygens (including phenoxy) is 2. The average Bonchev–Trinajstić information content (AvgIpc) is 2.40. The van der Waals surface area contributed by atoms with Crippen LogP contribution in [0.15, 0.2) is 36.5 Å². The molecule has 4 nitrogen and oxygen atoms in total. The van der Waals surface area contributed by atoms with Gasteiger partial charge in [0.2, 0.25) is 0 Å². The van der Waals surface area contributed by atoms with Gasteiger partial charge in [0, 0.05) is 25.8 Å². The second-order valence-corrected chi connectivity index (χ2v) is 3.66. The molecule has 0 saturated carbocycles. The van der Waals surface area contributed by atoms with Gasteiger partial charge in [0.1, 0.15) is 0 Å². The Morgan fingerprint density at radius 2 is 1.94 bits per heavy atom. The van der Waals surface area contributed by atoms with Crippen LogP contribution in [-0.4, -0.2) is 32.0 Å². The van der Waals surface area contributed by atoms with Crippen LogP contribution < -0.4 is 5.32 Å². The molecule has 0 atom stereocenters. The van der Waals surface area contributed by atoms with Crippen LogP contribution in [0.4, 0.5) is 5.69 Å². The van der Waals surface area contributed by atoms with Crippen molar-refractivity contribution >= 4 is 16.6 Å². The summed E-state index contributed by atoms with van der Waals surface area (Å²) < 4.78 is 10.3. The molecule has 0 aliphatic carbocycles. The van der Waals surface area contributed by atoms with E-state index in [4.69, 9.17) is 9.47 Å². The normalized spacial score (nSPS) is 11.0. The lowest BCUT2D eigenvalue weighted by Gasteiger charge is -2.15. The molecule has 1 aromatic carbocycles. The van der Waals surface area contributed by atoms with E-state index in [1.807, 2.05) is 30.3 Å². The van der Waals surface area contributed by atoms with E-state index < -0.39 is 0 Å². The molecule has 0 unspecified atom stereocenters. The number of hydrogen-bond acceptors (Lipinski definition) is 4. The largest absolute Gasteiger partial charge is 0.378 e. The van der Waals surface area contributed by atoms with Crippen molar-refractivity contribution in [2.75, 3.05) is 26.1 Å². The Bertz CT molecular complexity index is 478. The first kappa shape index (κ1) is 11.8. The molecule has 1 heterocycles. The summed E-state index contributed by atoms with van der Waals surface area (Å²) in [7, 11) is 3.24. The van der Waals surface area contributed by atoms with Gasteiger partial charge in [-0.25, -0.2) is 0 Å². The summed E-state index contributed by atoms with van der Waals surface area (Å²) in [6.07, 6.45) is 1.53. The van der Waals surface area contributed by atoms with Crippen LogP contribution in [0.1, 0.15) is 0 Å². The number of nitrogens with zero attached hydrogens (tertiary/aromatic N) is 1. The molecule has 17 heavy (non-hydrogen) atoms. The molecule has 0 aliphatic heterocycles. The van der Waals surface area contributed by atoms with E-state index in [9.17, 15) is 0 Å². The fraction of sp³-hybridized carbons (Fsp3) is 0.308. The fourth-order valence-corrected chi connectivity index (χ4v) is 1.70. The zero-order chi connectivity index (χ0) is 12.1. The maximum absolute atomic E-state index is 5.13. The van der Waals surface area contributed by atoms with Crippen molar-refractivity contribution in [2.45, 2.75) is 6.29 Å². The molecule has 0 saturated heterocycles. The fourth-order valence-electron chi connectivity index (χ4n) is 1.70. The zero-order valence-electron chi connectivity index (χ0n) is 10.0. The molecule has 2 aromatic rings. The molecular formula is C13H16N2O2. The van der Waals surface area contributed by atoms with Gasteiger partial charge in [-0.2, -0.15) is 0 Å².